The van der Waals surface area contributed by atoms with Crippen LogP contribution in [0.25, 0.3) is 0 Å². The first-order valence-electron chi connectivity index (χ1n) is 5.00. The van der Waals surface area contributed by atoms with Gasteiger partial charge in [-0.25, -0.2) is 0 Å². The Morgan fingerprint density at radius 1 is 1.50 bits per heavy atom. The van der Waals surface area contributed by atoms with E-state index in [-0.39, 0.29) is 0 Å². The molecular weight excluding hydrogens is 267 g/mol. The monoisotopic (exact) mass is 279 g/mol. The molecule has 1 rings (SSSR count). The van der Waals surface area contributed by atoms with Crippen LogP contribution in [0.4, 0.5) is 18.9 Å². The number of thioether (sulfide) groups is 1. The van der Waals surface area contributed by atoms with Crippen molar-refractivity contribution in [1.82, 2.24) is 0 Å². The fourth-order valence-electron chi connectivity index (χ4n) is 1.31. The number of rotatable bonds is 4. The normalized spacial score (nSPS) is 13.3. The standard InChI is InChI=1S/C11H12F3NO2S/c1-6-4-7(15)2-3-9(6)18-5-8(10(16)17)11(12,13)14/h2-4,8H,5,15H2,1H3,(H,16,17). The highest BCUT2D eigenvalue weighted by Gasteiger charge is 2.44. The van der Waals surface area contributed by atoms with Crippen molar-refractivity contribution in [3.63, 3.8) is 0 Å². The third-order valence-electron chi connectivity index (χ3n) is 2.30. The number of hydrogen-bond acceptors (Lipinski definition) is 3. The number of aryl methyl sites for hydroxylation is 1. The molecule has 0 aliphatic carbocycles. The van der Waals surface area contributed by atoms with E-state index in [9.17, 15) is 18.0 Å². The predicted octanol–water partition coefficient (Wildman–Crippen LogP) is 2.93. The summed E-state index contributed by atoms with van der Waals surface area (Å²) in [5.41, 5.74) is 6.76. The number of alkyl halides is 3. The summed E-state index contributed by atoms with van der Waals surface area (Å²) in [5, 5.41) is 8.55. The molecule has 0 bridgehead atoms. The molecule has 18 heavy (non-hydrogen) atoms. The van der Waals surface area contributed by atoms with Gasteiger partial charge in [-0.2, -0.15) is 13.2 Å². The van der Waals surface area contributed by atoms with Gasteiger partial charge in [0.1, 0.15) is 0 Å². The van der Waals surface area contributed by atoms with E-state index in [0.717, 1.165) is 17.3 Å². The molecule has 0 saturated carbocycles. The third-order valence-corrected chi connectivity index (χ3v) is 3.57. The van der Waals surface area contributed by atoms with Crippen LogP contribution < -0.4 is 5.73 Å². The smallest absolute Gasteiger partial charge is 0.403 e. The average Bonchev–Trinajstić information content (AvgIpc) is 2.18. The zero-order valence-corrected chi connectivity index (χ0v) is 10.3. The van der Waals surface area contributed by atoms with E-state index in [1.54, 1.807) is 25.1 Å². The molecule has 0 aromatic heterocycles. The number of carboxylic acids is 1. The first-order chi connectivity index (χ1) is 8.21. The van der Waals surface area contributed by atoms with E-state index >= 15 is 0 Å². The maximum atomic E-state index is 12.4. The van der Waals surface area contributed by atoms with E-state index in [2.05, 4.69) is 0 Å². The first kappa shape index (κ1) is 14.7. The number of carboxylic acid groups (broad SMARTS) is 1. The molecule has 0 saturated heterocycles. The fourth-order valence-corrected chi connectivity index (χ4v) is 2.44. The molecule has 7 heteroatoms. The Morgan fingerprint density at radius 2 is 2.11 bits per heavy atom. The third kappa shape index (κ3) is 3.83. The molecule has 0 heterocycles. The maximum Gasteiger partial charge on any atom is 0.403 e. The van der Waals surface area contributed by atoms with Gasteiger partial charge in [0.15, 0.2) is 5.92 Å². The van der Waals surface area contributed by atoms with Crippen LogP contribution in [0.5, 0.6) is 0 Å². The van der Waals surface area contributed by atoms with E-state index in [4.69, 9.17) is 10.8 Å². The van der Waals surface area contributed by atoms with E-state index in [1.807, 2.05) is 0 Å². The van der Waals surface area contributed by atoms with Crippen LogP contribution in [0, 0.1) is 12.8 Å². The SMILES string of the molecule is Cc1cc(N)ccc1SCC(C(=O)O)C(F)(F)F. The van der Waals surface area contributed by atoms with E-state index < -0.39 is 23.8 Å². The summed E-state index contributed by atoms with van der Waals surface area (Å²) < 4.78 is 37.3. The zero-order valence-electron chi connectivity index (χ0n) is 9.49. The number of carbonyl (C=O) groups is 1. The molecule has 0 fully saturated rings. The lowest BCUT2D eigenvalue weighted by Gasteiger charge is -2.16. The van der Waals surface area contributed by atoms with Gasteiger partial charge in [-0.1, -0.05) is 0 Å². The summed E-state index contributed by atoms with van der Waals surface area (Å²) in [6.45, 7) is 1.71. The topological polar surface area (TPSA) is 63.3 Å². The van der Waals surface area contributed by atoms with Gasteiger partial charge in [0.05, 0.1) is 0 Å². The minimum Gasteiger partial charge on any atom is -0.481 e. The lowest BCUT2D eigenvalue weighted by molar-refractivity contribution is -0.188. The summed E-state index contributed by atoms with van der Waals surface area (Å²) in [6, 6.07) is 4.79. The maximum absolute atomic E-state index is 12.4. The number of hydrogen-bond donors (Lipinski definition) is 2. The van der Waals surface area contributed by atoms with Crippen LogP contribution in [0.15, 0.2) is 23.1 Å². The van der Waals surface area contributed by atoms with Crippen LogP contribution in [0.1, 0.15) is 5.56 Å². The quantitative estimate of drug-likeness (QED) is 0.657. The van der Waals surface area contributed by atoms with Crippen molar-refractivity contribution < 1.29 is 23.1 Å². The molecule has 3 N–H and O–H groups in total. The molecule has 0 aliphatic heterocycles. The second kappa shape index (κ2) is 5.51. The van der Waals surface area contributed by atoms with Crippen LogP contribution in [0.2, 0.25) is 0 Å². The van der Waals surface area contributed by atoms with E-state index in [1.165, 1.54) is 0 Å². The van der Waals surface area contributed by atoms with Gasteiger partial charge in [0.2, 0.25) is 0 Å². The van der Waals surface area contributed by atoms with Crippen molar-refractivity contribution in [3.05, 3.63) is 23.8 Å². The molecule has 1 aromatic carbocycles. The molecule has 1 atom stereocenters. The zero-order chi connectivity index (χ0) is 13.9. The molecular formula is C11H12F3NO2S. The first-order valence-corrected chi connectivity index (χ1v) is 5.99. The van der Waals surface area contributed by atoms with Gasteiger partial charge >= 0.3 is 12.1 Å². The molecule has 0 radical (unpaired) electrons. The highest BCUT2D eigenvalue weighted by atomic mass is 32.2. The Balaban J connectivity index is 2.77. The van der Waals surface area contributed by atoms with Gasteiger partial charge in [0.25, 0.3) is 0 Å². The number of benzene rings is 1. The number of nitrogen functional groups attached to an aromatic ring is 1. The highest BCUT2D eigenvalue weighted by molar-refractivity contribution is 7.99. The van der Waals surface area contributed by atoms with Gasteiger partial charge in [-0.3, -0.25) is 4.79 Å². The average molecular weight is 279 g/mol. The minimum atomic E-state index is -4.74. The number of nitrogens with two attached hydrogens (primary N) is 1. The Bertz CT molecular complexity index is 448. The fraction of sp³-hybridized carbons (Fsp3) is 0.364. The molecule has 0 spiro atoms. The van der Waals surface area contributed by atoms with Crippen molar-refractivity contribution in [1.29, 1.82) is 0 Å². The van der Waals surface area contributed by atoms with Gasteiger partial charge in [0, 0.05) is 16.3 Å². The highest BCUT2D eigenvalue weighted by Crippen LogP contribution is 2.33. The molecule has 3 nitrogen and oxygen atoms in total. The molecule has 0 aliphatic rings. The van der Waals surface area contributed by atoms with E-state index in [0.29, 0.717) is 10.6 Å². The second-order valence-electron chi connectivity index (χ2n) is 3.77. The number of anilines is 1. The van der Waals surface area contributed by atoms with Gasteiger partial charge in [-0.15, -0.1) is 11.8 Å². The van der Waals surface area contributed by atoms with Crippen molar-refractivity contribution in [2.24, 2.45) is 5.92 Å². The summed E-state index contributed by atoms with van der Waals surface area (Å²) in [5.74, 6) is -4.77. The van der Waals surface area contributed by atoms with Crippen LogP contribution in [-0.4, -0.2) is 23.0 Å². The lowest BCUT2D eigenvalue weighted by atomic mass is 10.2. The Morgan fingerprint density at radius 3 is 2.56 bits per heavy atom. The Kier molecular flexibility index (Phi) is 4.50. The van der Waals surface area contributed by atoms with Gasteiger partial charge < -0.3 is 10.8 Å². The van der Waals surface area contributed by atoms with Crippen molar-refractivity contribution in [2.45, 2.75) is 18.0 Å². The van der Waals surface area contributed by atoms with Crippen LogP contribution in [0.3, 0.4) is 0 Å². The molecule has 0 amide bonds. The lowest BCUT2D eigenvalue weighted by Crippen LogP contribution is -2.32. The summed E-state index contributed by atoms with van der Waals surface area (Å²) >= 11 is 0.863. The second-order valence-corrected chi connectivity index (χ2v) is 4.83. The summed E-state index contributed by atoms with van der Waals surface area (Å²) in [7, 11) is 0. The van der Waals surface area contributed by atoms with Gasteiger partial charge in [-0.05, 0) is 30.7 Å². The van der Waals surface area contributed by atoms with Crippen LogP contribution in [-0.2, 0) is 4.79 Å². The Labute approximate surface area is 106 Å². The minimum absolute atomic E-state index is 0.516. The predicted molar refractivity (Wildman–Crippen MR) is 63.5 cm³/mol. The summed E-state index contributed by atoms with van der Waals surface area (Å²) in [4.78, 5) is 11.2. The molecule has 1 aromatic rings. The van der Waals surface area contributed by atoms with Crippen molar-refractivity contribution >= 4 is 23.4 Å². The molecule has 1 unspecified atom stereocenters. The largest absolute Gasteiger partial charge is 0.481 e. The Hall–Kier alpha value is -1.37. The number of aliphatic carboxylic acids is 1. The van der Waals surface area contributed by atoms with Crippen molar-refractivity contribution in [2.75, 3.05) is 11.5 Å². The molecule has 100 valence electrons. The summed E-state index contributed by atoms with van der Waals surface area (Å²) in [6.07, 6.45) is -4.74. The number of halogens is 3. The van der Waals surface area contributed by atoms with Crippen molar-refractivity contribution in [3.8, 4) is 0 Å². The van der Waals surface area contributed by atoms with Crippen LogP contribution >= 0.6 is 11.8 Å².